The van der Waals surface area contributed by atoms with Gasteiger partial charge >= 0.3 is 81.0 Å². The average Bonchev–Trinajstić information content (AvgIpc) is 1.58. The number of nitrogens with one attached hydrogen (secondary N) is 5. The number of aromatic nitrogens is 6. The third-order valence-electron chi connectivity index (χ3n) is 17.0. The molecule has 0 fully saturated rings. The Hall–Kier alpha value is -11.8. The van der Waals surface area contributed by atoms with Gasteiger partial charge in [0.05, 0.1) is 40.7 Å². The molecule has 37 heteroatoms. The summed E-state index contributed by atoms with van der Waals surface area (Å²) in [5.41, 5.74) is 23.7. The van der Waals surface area contributed by atoms with Crippen molar-refractivity contribution in [3.8, 4) is 17.1 Å². The quantitative estimate of drug-likeness (QED) is 0.00573. The van der Waals surface area contributed by atoms with Crippen LogP contribution < -0.4 is 73.3 Å². The van der Waals surface area contributed by atoms with Gasteiger partial charge in [-0.3, -0.25) is 19.2 Å². The average molecular weight is 1910 g/mol. The standard InChI is InChI=1S/C30H31FN4O4.C25H17FN4O2.C25H23FN4O2.C10H18O5.C4H13N3.B.3ClH.Na.Ni.H/c1-19-13-26(35(34-19)25-12-8-9-20(14-25)18-32-29(38)39-30(2,3)4)28(37)33-24-16-22(15-23(31)17-24)27(36)21-10-6-5-7-11-21;1-16-11-23(30(29-16)22-10-6-9-20(15-22)27-2)25(32)28-21-13-18(12-19(26)14-21)24(31)17-7-4-3-5-8-17;1-16-10-23(30(29-16)22-9-5-6-17(11-22)15-27)25(32)28-21-13-19(12-20(26)14-21)24(31)18-7-3-2-4-8-18;1-9(2,3)14-7(11)13-8(12)15-10(4,5)6;5-1-3-7-4-2-6;;;;;;;/h5-17,27,36H,18H2,1-4H3,(H,32,38)(H,33,37);3-15H,1H3,(H,28,32);2-14,24,31H,15,27H2,1H3,(H,28,32);1-6H3;7H,1-6H2;;3*1H;;;/q;;;;;;;;;+1;+2;-1/p-2. The van der Waals surface area contributed by atoms with Crippen LogP contribution in [0.2, 0.25) is 0 Å². The van der Waals surface area contributed by atoms with Gasteiger partial charge in [-0.05, 0) is 226 Å². The third kappa shape index (κ3) is 37.5. The molecule has 3 heterocycles. The fourth-order valence-corrected chi connectivity index (χ4v) is 11.8. The number of rotatable bonds is 22. The first-order valence-electron chi connectivity index (χ1n) is 39.7. The summed E-state index contributed by atoms with van der Waals surface area (Å²) < 4.78 is 66.5. The van der Waals surface area contributed by atoms with Crippen LogP contribution in [0.5, 0.6) is 0 Å². The summed E-state index contributed by atoms with van der Waals surface area (Å²) >= 11 is 0.569. The maximum absolute atomic E-state index is 14.5. The van der Waals surface area contributed by atoms with E-state index in [1.807, 2.05) is 42.5 Å². The Morgan fingerprint density at radius 1 is 0.473 bits per heavy atom. The largest absolute Gasteiger partial charge is 1.00 e. The molecule has 3 radical (unpaired) electrons. The number of carbonyl (C=O) groups is 7. The van der Waals surface area contributed by atoms with Crippen molar-refractivity contribution in [3.63, 3.8) is 0 Å². The summed E-state index contributed by atoms with van der Waals surface area (Å²) in [4.78, 5) is 89.5. The van der Waals surface area contributed by atoms with Crippen molar-refractivity contribution in [1.29, 1.82) is 0 Å². The van der Waals surface area contributed by atoms with Gasteiger partial charge in [0.2, 0.25) is 0 Å². The number of aliphatic hydroxyl groups excluding tert-OH is 2. The Kier molecular flexibility index (Phi) is 46.0. The van der Waals surface area contributed by atoms with E-state index < -0.39 is 82.6 Å². The van der Waals surface area contributed by atoms with Crippen LogP contribution in [0.15, 0.2) is 237 Å². The summed E-state index contributed by atoms with van der Waals surface area (Å²) in [5, 5.41) is 48.4. The van der Waals surface area contributed by atoms with Gasteiger partial charge in [0.15, 0.2) is 11.5 Å². The Morgan fingerprint density at radius 3 is 1.21 bits per heavy atom. The van der Waals surface area contributed by atoms with Crippen LogP contribution in [-0.4, -0.2) is 133 Å². The minimum atomic E-state index is -1.06. The van der Waals surface area contributed by atoms with Crippen LogP contribution in [-0.2, 0) is 44.7 Å². The number of aliphatic hydroxyl groups is 2. The van der Waals surface area contributed by atoms with E-state index in [1.165, 1.54) is 50.4 Å². The maximum atomic E-state index is 14.5. The molecule has 0 saturated heterocycles. The summed E-state index contributed by atoms with van der Waals surface area (Å²) in [6.07, 6.45) is -4.72. The summed E-state index contributed by atoms with van der Waals surface area (Å²) in [6.45, 7) is 31.6. The molecule has 131 heavy (non-hydrogen) atoms. The first kappa shape index (κ1) is 111. The smallest absolute Gasteiger partial charge is 1.00 e. The van der Waals surface area contributed by atoms with Crippen molar-refractivity contribution < 1.29 is 120 Å². The van der Waals surface area contributed by atoms with Crippen LogP contribution in [0.25, 0.3) is 21.9 Å². The monoisotopic (exact) mass is 1900 g/mol. The molecule has 12 aromatic rings. The second kappa shape index (κ2) is 54.1. The van der Waals surface area contributed by atoms with E-state index >= 15 is 0 Å². The van der Waals surface area contributed by atoms with Crippen LogP contribution in [0.1, 0.15) is 174 Å². The van der Waals surface area contributed by atoms with Crippen LogP contribution >= 0.6 is 32.8 Å². The summed E-state index contributed by atoms with van der Waals surface area (Å²) in [5.74, 6) is -3.62. The van der Waals surface area contributed by atoms with Crippen LogP contribution in [0, 0.1) is 44.8 Å². The Morgan fingerprint density at radius 2 is 0.832 bits per heavy atom. The van der Waals surface area contributed by atoms with Crippen molar-refractivity contribution in [3.05, 3.63) is 344 Å². The second-order valence-corrected chi connectivity index (χ2v) is 32.8. The number of anilines is 3. The minimum Gasteiger partial charge on any atom is -1.00 e. The predicted octanol–water partition coefficient (Wildman–Crippen LogP) is 15.0. The van der Waals surface area contributed by atoms with Crippen LogP contribution in [0.4, 0.5) is 50.3 Å². The van der Waals surface area contributed by atoms with Crippen molar-refractivity contribution in [2.75, 3.05) is 42.1 Å². The van der Waals surface area contributed by atoms with Gasteiger partial charge in [0.25, 0.3) is 17.7 Å². The number of hydrogen-bond donors (Lipinski definition) is 10. The molecule has 9 aromatic carbocycles. The molecule has 2 atom stereocenters. The molecule has 4 amide bonds. The normalized spacial score (nSPS) is 11.1. The SMILES string of the molecule is CC(C)(C)OC(=O)OC(=O)OC(C)(C)C.Cc1cc(C(=O)Nc2cc(F)cc(C(O)c3ccccc3)c2)n(-c2cccc(CN)c2)n1.Cc1cc(C(=O)Nc2cc(F)cc(C(O)c3ccccc3)c2)n(-c2cccc(CNC(=O)OC(C)(C)C)c2)n1.Cl.NCCNCCN.[B].[C-]#[N+]c1cccc(-n2nc(C)cc2C(=O)Nc2cc(F)cc(C(=O)c3ccccc3)c2)c1.[Cl][Ni][Cl].[H-].[Na+]. The second-order valence-electron chi connectivity index (χ2n) is 31.1. The number of nitrogens with two attached hydrogens (primary N) is 3. The maximum Gasteiger partial charge on any atom is 1.00 e. The van der Waals surface area contributed by atoms with Gasteiger partial charge in [-0.15, -0.1) is 12.4 Å². The molecule has 689 valence electrons. The molecule has 3 aromatic heterocycles. The van der Waals surface area contributed by atoms with Crippen molar-refractivity contribution in [2.24, 2.45) is 17.2 Å². The van der Waals surface area contributed by atoms with Gasteiger partial charge in [-0.25, -0.2) is 46.4 Å². The minimum absolute atomic E-state index is 0. The molecule has 0 aliphatic carbocycles. The molecular weight excluding hydrogens is 1800 g/mol. The number of aryl methyl sites for hydroxylation is 3. The number of benzene rings is 9. The first-order valence-corrected chi connectivity index (χ1v) is 42.4. The molecule has 0 spiro atoms. The molecule has 28 nitrogen and oxygen atoms in total. The molecule has 0 aliphatic heterocycles. The molecule has 12 rings (SSSR count). The van der Waals surface area contributed by atoms with Crippen molar-refractivity contribution >= 4 is 106 Å². The van der Waals surface area contributed by atoms with E-state index in [0.29, 0.717) is 106 Å². The molecule has 0 aliphatic rings. The number of hydrogen-bond acceptors (Lipinski definition) is 20. The van der Waals surface area contributed by atoms with E-state index in [1.54, 1.807) is 229 Å². The number of nitrogens with zero attached hydrogens (tertiary/aromatic N) is 7. The van der Waals surface area contributed by atoms with Gasteiger partial charge < -0.3 is 74.4 Å². The fraction of sp³-hybridized carbons (Fsp3) is 0.245. The summed E-state index contributed by atoms with van der Waals surface area (Å²) in [7, 11) is 9.40. The van der Waals surface area contributed by atoms with E-state index in [0.717, 1.165) is 36.3 Å². The number of alkyl carbamates (subject to hydrolysis) is 1. The zero-order valence-corrected chi connectivity index (χ0v) is 79.7. The van der Waals surface area contributed by atoms with Gasteiger partial charge in [0.1, 0.15) is 63.5 Å². The van der Waals surface area contributed by atoms with E-state index in [4.69, 9.17) is 58.4 Å². The number of halogens is 6. The Bertz CT molecular complexity index is 5780. The van der Waals surface area contributed by atoms with Crippen molar-refractivity contribution in [2.45, 2.75) is 125 Å². The zero-order chi connectivity index (χ0) is 94.0. The summed E-state index contributed by atoms with van der Waals surface area (Å²) in [6, 6.07) is 64.3. The molecule has 0 bridgehead atoms. The van der Waals surface area contributed by atoms with Gasteiger partial charge in [-0.1, -0.05) is 127 Å². The molecule has 2 unspecified atom stereocenters. The van der Waals surface area contributed by atoms with E-state index in [2.05, 4.69) is 51.5 Å². The van der Waals surface area contributed by atoms with E-state index in [-0.39, 0.29) is 98.1 Å². The van der Waals surface area contributed by atoms with Crippen molar-refractivity contribution in [1.82, 2.24) is 40.0 Å². The fourth-order valence-electron chi connectivity index (χ4n) is 11.8. The number of amides is 4. The predicted molar refractivity (Wildman–Crippen MR) is 496 cm³/mol. The number of ether oxygens (including phenoxy) is 4. The molecule has 0 saturated carbocycles. The number of carbonyl (C=O) groups excluding carboxylic acids is 7. The van der Waals surface area contributed by atoms with Gasteiger partial charge in [0, 0.05) is 75.9 Å². The topological polar surface area (TPSA) is 393 Å². The zero-order valence-electron chi connectivity index (χ0n) is 75.4. The van der Waals surface area contributed by atoms with Gasteiger partial charge in [-0.2, -0.15) is 15.3 Å². The molecule has 13 N–H and O–H groups in total. The molecular formula is C94H104BCl3F3N15NaNiO13. The Labute approximate surface area is 805 Å². The number of ketones is 1. The Balaban J connectivity index is 0.000000447. The third-order valence-corrected chi connectivity index (χ3v) is 17.0. The van der Waals surface area contributed by atoms with Crippen LogP contribution in [0.3, 0.4) is 0 Å². The first-order chi connectivity index (χ1) is 60.7. The van der Waals surface area contributed by atoms with E-state index in [9.17, 15) is 56.9 Å².